The van der Waals surface area contributed by atoms with Crippen LogP contribution in [-0.2, 0) is 4.79 Å². The highest BCUT2D eigenvalue weighted by molar-refractivity contribution is 5.76. The van der Waals surface area contributed by atoms with Crippen molar-refractivity contribution in [1.82, 2.24) is 15.5 Å². The number of carboxylic acid groups (broad SMARTS) is 1. The first-order valence-corrected chi connectivity index (χ1v) is 4.93. The Morgan fingerprint density at radius 3 is 2.19 bits per heavy atom. The smallest absolute Gasteiger partial charge is 0.334 e. The first-order valence-electron chi connectivity index (χ1n) is 4.93. The molecule has 0 saturated carbocycles. The maximum atomic E-state index is 11.2. The largest absolute Gasteiger partial charge is 0.479 e. The second kappa shape index (κ2) is 7.02. The second-order valence-corrected chi connectivity index (χ2v) is 3.76. The Balaban J connectivity index is 3.71. The summed E-state index contributed by atoms with van der Waals surface area (Å²) in [7, 11) is 3.77. The van der Waals surface area contributed by atoms with Crippen molar-refractivity contribution in [2.45, 2.75) is 19.1 Å². The van der Waals surface area contributed by atoms with Crippen LogP contribution in [-0.4, -0.2) is 66.4 Å². The van der Waals surface area contributed by atoms with Crippen molar-refractivity contribution in [2.75, 3.05) is 27.2 Å². The third-order valence-electron chi connectivity index (χ3n) is 2.18. The number of hydrogen-bond donors (Lipinski definition) is 4. The number of aliphatic hydroxyl groups excluding tert-OH is 1. The Labute approximate surface area is 94.4 Å². The van der Waals surface area contributed by atoms with E-state index < -0.39 is 18.1 Å². The molecule has 0 bridgehead atoms. The lowest BCUT2D eigenvalue weighted by Gasteiger charge is -2.20. The van der Waals surface area contributed by atoms with Gasteiger partial charge in [0.25, 0.3) is 0 Å². The average Bonchev–Trinajstić information content (AvgIpc) is 2.21. The van der Waals surface area contributed by atoms with Crippen molar-refractivity contribution in [3.8, 4) is 0 Å². The summed E-state index contributed by atoms with van der Waals surface area (Å²) < 4.78 is 0. The Morgan fingerprint density at radius 1 is 1.25 bits per heavy atom. The molecule has 0 saturated heterocycles. The van der Waals surface area contributed by atoms with Crippen LogP contribution in [0.2, 0.25) is 0 Å². The number of aliphatic hydroxyl groups is 1. The van der Waals surface area contributed by atoms with Crippen LogP contribution in [0, 0.1) is 0 Å². The van der Waals surface area contributed by atoms with E-state index in [0.717, 1.165) is 0 Å². The maximum Gasteiger partial charge on any atom is 0.334 e. The van der Waals surface area contributed by atoms with E-state index in [1.165, 1.54) is 0 Å². The van der Waals surface area contributed by atoms with Gasteiger partial charge < -0.3 is 25.7 Å². The Bertz CT molecular complexity index is 245. The van der Waals surface area contributed by atoms with Crippen molar-refractivity contribution >= 4 is 12.0 Å². The lowest BCUT2D eigenvalue weighted by Crippen LogP contribution is -2.45. The first kappa shape index (κ1) is 14.7. The van der Waals surface area contributed by atoms with Gasteiger partial charge in [0.1, 0.15) is 0 Å². The van der Waals surface area contributed by atoms with Gasteiger partial charge in [-0.25, -0.2) is 9.59 Å². The fourth-order valence-electron chi connectivity index (χ4n) is 0.762. The van der Waals surface area contributed by atoms with E-state index in [2.05, 4.69) is 10.6 Å². The van der Waals surface area contributed by atoms with Crippen LogP contribution in [0.4, 0.5) is 4.79 Å². The topological polar surface area (TPSA) is 102 Å². The molecule has 4 N–H and O–H groups in total. The summed E-state index contributed by atoms with van der Waals surface area (Å²) in [5.41, 5.74) is 0. The van der Waals surface area contributed by atoms with Crippen LogP contribution in [0.5, 0.6) is 0 Å². The van der Waals surface area contributed by atoms with Gasteiger partial charge in [0.05, 0.1) is 6.54 Å². The number of rotatable bonds is 6. The van der Waals surface area contributed by atoms with E-state index in [9.17, 15) is 9.59 Å². The number of amides is 2. The number of nitrogens with zero attached hydrogens (tertiary/aromatic N) is 1. The lowest BCUT2D eigenvalue weighted by molar-refractivity contribution is -0.146. The van der Waals surface area contributed by atoms with E-state index in [0.29, 0.717) is 6.54 Å². The van der Waals surface area contributed by atoms with Crippen LogP contribution < -0.4 is 10.6 Å². The van der Waals surface area contributed by atoms with Crippen LogP contribution >= 0.6 is 0 Å². The molecule has 0 aromatic carbocycles. The lowest BCUT2D eigenvalue weighted by atomic mass is 10.3. The summed E-state index contributed by atoms with van der Waals surface area (Å²) in [5.74, 6) is -1.36. The van der Waals surface area contributed by atoms with Crippen LogP contribution in [0.3, 0.4) is 0 Å². The Hall–Kier alpha value is -1.34. The molecule has 0 aromatic heterocycles. The minimum Gasteiger partial charge on any atom is -0.479 e. The van der Waals surface area contributed by atoms with Gasteiger partial charge in [-0.2, -0.15) is 0 Å². The number of carboxylic acids is 1. The number of carbonyl (C=O) groups is 2. The predicted octanol–water partition coefficient (Wildman–Crippen LogP) is -1.32. The van der Waals surface area contributed by atoms with Gasteiger partial charge in [-0.1, -0.05) is 0 Å². The van der Waals surface area contributed by atoms with Gasteiger partial charge >= 0.3 is 12.0 Å². The molecule has 2 unspecified atom stereocenters. The van der Waals surface area contributed by atoms with Crippen molar-refractivity contribution in [3.05, 3.63) is 0 Å². The van der Waals surface area contributed by atoms with Gasteiger partial charge in [0.2, 0.25) is 0 Å². The summed E-state index contributed by atoms with van der Waals surface area (Å²) in [4.78, 5) is 23.3. The van der Waals surface area contributed by atoms with E-state index in [1.807, 2.05) is 25.9 Å². The average molecular weight is 233 g/mol. The molecule has 0 heterocycles. The Kier molecular flexibility index (Phi) is 6.43. The van der Waals surface area contributed by atoms with E-state index >= 15 is 0 Å². The quantitative estimate of drug-likeness (QED) is 0.456. The molecule has 2 amide bonds. The molecule has 7 nitrogen and oxygen atoms in total. The molecule has 0 spiro atoms. The highest BCUT2D eigenvalue weighted by Gasteiger charge is 2.14. The summed E-state index contributed by atoms with van der Waals surface area (Å²) in [6, 6.07) is -0.316. The zero-order chi connectivity index (χ0) is 12.7. The SMILES string of the molecule is CC(CNC(=O)NCC(O)C(=O)O)N(C)C. The molecule has 0 aliphatic heterocycles. The summed E-state index contributed by atoms with van der Waals surface area (Å²) in [6.07, 6.45) is -1.57. The minimum absolute atomic E-state index is 0.176. The molecule has 2 atom stereocenters. The van der Waals surface area contributed by atoms with Gasteiger partial charge in [-0.05, 0) is 21.0 Å². The summed E-state index contributed by atoms with van der Waals surface area (Å²) >= 11 is 0. The summed E-state index contributed by atoms with van der Waals surface area (Å²) in [6.45, 7) is 2.08. The first-order chi connectivity index (χ1) is 7.34. The second-order valence-electron chi connectivity index (χ2n) is 3.76. The fourth-order valence-corrected chi connectivity index (χ4v) is 0.762. The zero-order valence-electron chi connectivity index (χ0n) is 9.73. The highest BCUT2D eigenvalue weighted by Crippen LogP contribution is 1.88. The van der Waals surface area contributed by atoms with E-state index in [-0.39, 0.29) is 12.6 Å². The van der Waals surface area contributed by atoms with Crippen molar-refractivity contribution in [2.24, 2.45) is 0 Å². The molecular formula is C9H19N3O4. The van der Waals surface area contributed by atoms with Crippen molar-refractivity contribution < 1.29 is 19.8 Å². The molecule has 0 radical (unpaired) electrons. The molecule has 0 aromatic rings. The highest BCUT2D eigenvalue weighted by atomic mass is 16.4. The molecule has 0 rings (SSSR count). The number of nitrogens with one attached hydrogen (secondary N) is 2. The number of likely N-dealkylation sites (N-methyl/N-ethyl adjacent to an activating group) is 1. The van der Waals surface area contributed by atoms with Crippen LogP contribution in [0.15, 0.2) is 0 Å². The van der Waals surface area contributed by atoms with Gasteiger partial charge in [0, 0.05) is 12.6 Å². The molecule has 16 heavy (non-hydrogen) atoms. The van der Waals surface area contributed by atoms with Gasteiger partial charge in [-0.3, -0.25) is 0 Å². The molecule has 0 fully saturated rings. The standard InChI is InChI=1S/C9H19N3O4/c1-6(12(2)3)4-10-9(16)11-5-7(13)8(14)15/h6-7,13H,4-5H2,1-3H3,(H,14,15)(H2,10,11,16). The number of carbonyl (C=O) groups excluding carboxylic acids is 1. The Morgan fingerprint density at radius 2 is 1.75 bits per heavy atom. The summed E-state index contributed by atoms with van der Waals surface area (Å²) in [5, 5.41) is 22.1. The minimum atomic E-state index is -1.57. The van der Waals surface area contributed by atoms with Crippen LogP contribution in [0.1, 0.15) is 6.92 Å². The molecule has 7 heteroatoms. The van der Waals surface area contributed by atoms with Crippen molar-refractivity contribution in [3.63, 3.8) is 0 Å². The fraction of sp³-hybridized carbons (Fsp3) is 0.778. The molecule has 0 aliphatic rings. The molecule has 94 valence electrons. The molecule has 0 aliphatic carbocycles. The third-order valence-corrected chi connectivity index (χ3v) is 2.18. The van der Waals surface area contributed by atoms with E-state index in [1.54, 1.807) is 0 Å². The number of hydrogen-bond acceptors (Lipinski definition) is 4. The van der Waals surface area contributed by atoms with E-state index in [4.69, 9.17) is 10.2 Å². The third kappa shape index (κ3) is 6.20. The van der Waals surface area contributed by atoms with Gasteiger partial charge in [-0.15, -0.1) is 0 Å². The van der Waals surface area contributed by atoms with Gasteiger partial charge in [0.15, 0.2) is 6.10 Å². The zero-order valence-corrected chi connectivity index (χ0v) is 9.73. The maximum absolute atomic E-state index is 11.2. The van der Waals surface area contributed by atoms with Crippen LogP contribution in [0.25, 0.3) is 0 Å². The molecular weight excluding hydrogens is 214 g/mol. The van der Waals surface area contributed by atoms with Crippen molar-refractivity contribution in [1.29, 1.82) is 0 Å². The number of aliphatic carboxylic acids is 1. The normalized spacial score (nSPS) is 14.3. The monoisotopic (exact) mass is 233 g/mol. The predicted molar refractivity (Wildman–Crippen MR) is 58.2 cm³/mol. The number of urea groups is 1.